The molecule has 0 saturated carbocycles. The Hall–Kier alpha value is -2.07. The molecule has 1 heterocycles. The van der Waals surface area contributed by atoms with E-state index in [1.807, 2.05) is 0 Å². The summed E-state index contributed by atoms with van der Waals surface area (Å²) in [7, 11) is 2.16. The molecule has 6 nitrogen and oxygen atoms in total. The fraction of sp³-hybridized carbons (Fsp3) is 0.286. The van der Waals surface area contributed by atoms with Gasteiger partial charge in [0.1, 0.15) is 12.4 Å². The first-order chi connectivity index (χ1) is 11.3. The molecule has 0 radical (unpaired) electrons. The highest BCUT2D eigenvalue weighted by molar-refractivity contribution is 9.10. The van der Waals surface area contributed by atoms with Crippen molar-refractivity contribution in [2.24, 2.45) is 0 Å². The molecule has 0 amide bonds. The van der Waals surface area contributed by atoms with Crippen LogP contribution in [0.2, 0.25) is 0 Å². The first kappa shape index (κ1) is 18.3. The Kier molecular flexibility index (Phi) is 5.50. The Balaban J connectivity index is 2.68. The number of hydrogen-bond donors (Lipinski definition) is 0. The number of esters is 2. The molecule has 0 unspecified atom stereocenters. The molecule has 0 N–H and O–H groups in total. The summed E-state index contributed by atoms with van der Waals surface area (Å²) in [5, 5.41) is 0. The summed E-state index contributed by atoms with van der Waals surface area (Å²) < 4.78 is 54.6. The number of ether oxygens (including phenoxy) is 3. The van der Waals surface area contributed by atoms with Gasteiger partial charge in [-0.3, -0.25) is 0 Å². The molecule has 1 aromatic carbocycles. The third-order valence-electron chi connectivity index (χ3n) is 3.21. The molecule has 0 fully saturated rings. The fourth-order valence-electron chi connectivity index (χ4n) is 2.09. The van der Waals surface area contributed by atoms with Crippen LogP contribution in [-0.4, -0.2) is 39.5 Å². The van der Waals surface area contributed by atoms with Gasteiger partial charge in [-0.25, -0.2) is 22.8 Å². The summed E-state index contributed by atoms with van der Waals surface area (Å²) >= 11 is 2.80. The quantitative estimate of drug-likeness (QED) is 0.433. The minimum absolute atomic E-state index is 0.201. The number of carbonyl (C=O) groups is 2. The number of anilines is 1. The van der Waals surface area contributed by atoms with Crippen LogP contribution in [-0.2, 0) is 23.8 Å². The van der Waals surface area contributed by atoms with E-state index in [1.165, 1.54) is 0 Å². The van der Waals surface area contributed by atoms with E-state index >= 15 is 0 Å². The van der Waals surface area contributed by atoms with Crippen LogP contribution in [0.15, 0.2) is 21.8 Å². The molecular formula is C14H11BrF3NO5. The Morgan fingerprint density at radius 2 is 1.79 bits per heavy atom. The predicted molar refractivity (Wildman–Crippen MR) is 78.4 cm³/mol. The van der Waals surface area contributed by atoms with E-state index in [1.54, 1.807) is 0 Å². The summed E-state index contributed by atoms with van der Waals surface area (Å²) in [4.78, 5) is 24.9. The average molecular weight is 410 g/mol. The zero-order valence-electron chi connectivity index (χ0n) is 12.5. The standard InChI is InChI=1S/C14H11BrF3NO5/c1-22-13(20)6-4-24-5-19(12(6)14(21)23-2)8-3-7(16)10(17)11(18)9(8)15/h3H,4-5H2,1-2H3. The van der Waals surface area contributed by atoms with Crippen LogP contribution in [0.1, 0.15) is 0 Å². The van der Waals surface area contributed by atoms with Gasteiger partial charge in [0.05, 0.1) is 36.6 Å². The van der Waals surface area contributed by atoms with Crippen LogP contribution < -0.4 is 4.90 Å². The van der Waals surface area contributed by atoms with Gasteiger partial charge in [0, 0.05) is 6.07 Å². The van der Waals surface area contributed by atoms with Crippen molar-refractivity contribution in [2.45, 2.75) is 0 Å². The topological polar surface area (TPSA) is 65.1 Å². The monoisotopic (exact) mass is 409 g/mol. The molecule has 1 aliphatic heterocycles. The maximum Gasteiger partial charge on any atom is 0.355 e. The number of carbonyl (C=O) groups excluding carboxylic acids is 2. The highest BCUT2D eigenvalue weighted by atomic mass is 79.9. The Bertz CT molecular complexity index is 738. The van der Waals surface area contributed by atoms with Gasteiger partial charge in [-0.05, 0) is 15.9 Å². The van der Waals surface area contributed by atoms with Crippen molar-refractivity contribution in [3.8, 4) is 0 Å². The highest BCUT2D eigenvalue weighted by Gasteiger charge is 2.34. The van der Waals surface area contributed by atoms with Crippen LogP contribution >= 0.6 is 15.9 Å². The van der Waals surface area contributed by atoms with Gasteiger partial charge in [0.2, 0.25) is 0 Å². The van der Waals surface area contributed by atoms with Crippen molar-refractivity contribution < 1.29 is 37.0 Å². The zero-order chi connectivity index (χ0) is 18.0. The average Bonchev–Trinajstić information content (AvgIpc) is 2.60. The molecule has 10 heteroatoms. The van der Waals surface area contributed by atoms with E-state index in [4.69, 9.17) is 4.74 Å². The van der Waals surface area contributed by atoms with E-state index in [-0.39, 0.29) is 30.3 Å². The highest BCUT2D eigenvalue weighted by Crippen LogP contribution is 2.36. The summed E-state index contributed by atoms with van der Waals surface area (Å²) in [5.74, 6) is -6.46. The molecule has 1 aliphatic rings. The fourth-order valence-corrected chi connectivity index (χ4v) is 2.59. The van der Waals surface area contributed by atoms with Crippen LogP contribution in [0.4, 0.5) is 18.9 Å². The lowest BCUT2D eigenvalue weighted by molar-refractivity contribution is -0.140. The molecule has 0 aromatic heterocycles. The molecule has 0 saturated heterocycles. The molecule has 24 heavy (non-hydrogen) atoms. The van der Waals surface area contributed by atoms with E-state index in [0.717, 1.165) is 19.1 Å². The summed E-state index contributed by atoms with van der Waals surface area (Å²) in [6, 6.07) is 0.662. The van der Waals surface area contributed by atoms with Gasteiger partial charge in [0.25, 0.3) is 0 Å². The van der Waals surface area contributed by atoms with Crippen molar-refractivity contribution in [3.63, 3.8) is 0 Å². The second-order valence-electron chi connectivity index (χ2n) is 4.54. The zero-order valence-corrected chi connectivity index (χ0v) is 14.1. The largest absolute Gasteiger partial charge is 0.466 e. The molecular weight excluding hydrogens is 399 g/mol. The molecule has 1 aromatic rings. The Morgan fingerprint density at radius 1 is 1.17 bits per heavy atom. The van der Waals surface area contributed by atoms with Gasteiger partial charge >= 0.3 is 11.9 Å². The minimum atomic E-state index is -1.68. The second-order valence-corrected chi connectivity index (χ2v) is 5.33. The van der Waals surface area contributed by atoms with Gasteiger partial charge < -0.3 is 19.1 Å². The smallest absolute Gasteiger partial charge is 0.355 e. The minimum Gasteiger partial charge on any atom is -0.466 e. The van der Waals surface area contributed by atoms with E-state index in [2.05, 4.69) is 25.4 Å². The predicted octanol–water partition coefficient (Wildman–Crippen LogP) is 2.26. The molecule has 0 bridgehead atoms. The molecule has 0 spiro atoms. The van der Waals surface area contributed by atoms with Crippen molar-refractivity contribution in [2.75, 3.05) is 32.5 Å². The first-order valence-electron chi connectivity index (χ1n) is 6.41. The number of halogens is 4. The third-order valence-corrected chi connectivity index (χ3v) is 3.96. The summed E-state index contributed by atoms with van der Waals surface area (Å²) in [5.41, 5.74) is -0.776. The number of rotatable bonds is 3. The summed E-state index contributed by atoms with van der Waals surface area (Å²) in [6.07, 6.45) is 0. The molecule has 130 valence electrons. The normalized spacial score (nSPS) is 14.7. The van der Waals surface area contributed by atoms with Crippen LogP contribution in [0.25, 0.3) is 0 Å². The van der Waals surface area contributed by atoms with Crippen LogP contribution in [0.3, 0.4) is 0 Å². The number of methoxy groups -OCH3 is 2. The maximum absolute atomic E-state index is 13.8. The second kappa shape index (κ2) is 7.22. The molecule has 0 aliphatic carbocycles. The molecule has 0 atom stereocenters. The van der Waals surface area contributed by atoms with E-state index in [9.17, 15) is 22.8 Å². The number of hydrogen-bond acceptors (Lipinski definition) is 6. The number of benzene rings is 1. The third kappa shape index (κ3) is 3.11. The molecule has 2 rings (SSSR count). The SMILES string of the molecule is COC(=O)C1=C(C(=O)OC)N(c2cc(F)c(F)c(F)c2Br)COC1. The first-order valence-corrected chi connectivity index (χ1v) is 7.20. The van der Waals surface area contributed by atoms with Crippen LogP contribution in [0.5, 0.6) is 0 Å². The lowest BCUT2D eigenvalue weighted by Crippen LogP contribution is -2.39. The maximum atomic E-state index is 13.8. The number of nitrogens with zero attached hydrogens (tertiary/aromatic N) is 1. The van der Waals surface area contributed by atoms with Crippen molar-refractivity contribution >= 4 is 33.6 Å². The van der Waals surface area contributed by atoms with Crippen LogP contribution in [0, 0.1) is 17.5 Å². The van der Waals surface area contributed by atoms with Gasteiger partial charge in [0.15, 0.2) is 17.5 Å². The van der Waals surface area contributed by atoms with Crippen molar-refractivity contribution in [1.29, 1.82) is 0 Å². The Labute approximate surface area is 142 Å². The van der Waals surface area contributed by atoms with Gasteiger partial charge in [-0.15, -0.1) is 0 Å². The van der Waals surface area contributed by atoms with Gasteiger partial charge in [-0.1, -0.05) is 0 Å². The van der Waals surface area contributed by atoms with Gasteiger partial charge in [-0.2, -0.15) is 0 Å². The van der Waals surface area contributed by atoms with E-state index in [0.29, 0.717) is 6.07 Å². The van der Waals surface area contributed by atoms with E-state index < -0.39 is 33.9 Å². The Morgan fingerprint density at radius 3 is 2.38 bits per heavy atom. The summed E-state index contributed by atoms with van der Waals surface area (Å²) in [6.45, 7) is -0.592. The van der Waals surface area contributed by atoms with Crippen molar-refractivity contribution in [1.82, 2.24) is 0 Å². The lowest BCUT2D eigenvalue weighted by atomic mass is 10.1. The van der Waals surface area contributed by atoms with Crippen molar-refractivity contribution in [3.05, 3.63) is 39.3 Å². The lowest BCUT2D eigenvalue weighted by Gasteiger charge is -2.32.